The molecule has 2 aromatic rings. The van der Waals surface area contributed by atoms with Crippen LogP contribution in [0.4, 0.5) is 11.4 Å². The van der Waals surface area contributed by atoms with E-state index in [-0.39, 0.29) is 0 Å². The first-order chi connectivity index (χ1) is 10.5. The third-order valence-electron chi connectivity index (χ3n) is 3.67. The van der Waals surface area contributed by atoms with E-state index >= 15 is 0 Å². The lowest BCUT2D eigenvalue weighted by atomic mass is 10.3. The normalized spacial score (nSPS) is 28.8. The van der Waals surface area contributed by atoms with Crippen molar-refractivity contribution in [2.24, 2.45) is 0 Å². The molecule has 1 fully saturated rings. The highest BCUT2D eigenvalue weighted by Crippen LogP contribution is 2.83. The van der Waals surface area contributed by atoms with E-state index in [2.05, 4.69) is 19.1 Å². The molecular weight excluding hydrogens is 350 g/mol. The van der Waals surface area contributed by atoms with Gasteiger partial charge in [-0.3, -0.25) is 0 Å². The molecule has 22 heavy (non-hydrogen) atoms. The second-order valence-corrected chi connectivity index (χ2v) is 13.7. The monoisotopic (exact) mass is 368 g/mol. The molecule has 1 heterocycles. The van der Waals surface area contributed by atoms with Crippen molar-refractivity contribution in [1.29, 1.82) is 0 Å². The van der Waals surface area contributed by atoms with Gasteiger partial charge in [0.05, 0.1) is 0 Å². The Morgan fingerprint density at radius 3 is 1.32 bits per heavy atom. The van der Waals surface area contributed by atoms with Crippen LogP contribution in [-0.2, 0) is 23.6 Å². The van der Waals surface area contributed by atoms with E-state index in [4.69, 9.17) is 23.6 Å². The summed E-state index contributed by atoms with van der Waals surface area (Å²) in [4.78, 5) is 0. The zero-order chi connectivity index (χ0) is 15.8. The Labute approximate surface area is 141 Å². The zero-order valence-electron chi connectivity index (χ0n) is 12.4. The van der Waals surface area contributed by atoms with E-state index in [1.807, 2.05) is 74.8 Å². The number of rotatable bonds is 4. The molecule has 1 aliphatic rings. The molecule has 1 aliphatic heterocycles. The van der Waals surface area contributed by atoms with E-state index < -0.39 is 13.0 Å². The molecule has 0 unspecified atom stereocenters. The Morgan fingerprint density at radius 1 is 0.682 bits per heavy atom. The maximum absolute atomic E-state index is 5.90. The summed E-state index contributed by atoms with van der Waals surface area (Å²) in [5.41, 5.74) is 2.07. The molecule has 4 nitrogen and oxygen atoms in total. The topological polar surface area (TPSA) is 30.5 Å². The Morgan fingerprint density at radius 2 is 1.00 bits per heavy atom. The van der Waals surface area contributed by atoms with Crippen molar-refractivity contribution < 1.29 is 0 Å². The van der Waals surface area contributed by atoms with Crippen LogP contribution >= 0.6 is 13.0 Å². The SMILES string of the molecule is CN1P(=S)(Nc2ccccc2)N(C)P1(=S)Nc1ccccc1. The third-order valence-corrected chi connectivity index (χ3v) is 16.0. The average molecular weight is 368 g/mol. The van der Waals surface area contributed by atoms with Gasteiger partial charge in [0.2, 0.25) is 0 Å². The summed E-state index contributed by atoms with van der Waals surface area (Å²) in [6.07, 6.45) is 0. The summed E-state index contributed by atoms with van der Waals surface area (Å²) in [6.45, 7) is -4.05. The first-order valence-corrected chi connectivity index (χ1v) is 12.2. The summed E-state index contributed by atoms with van der Waals surface area (Å²) in [5.74, 6) is 0. The number of hydrogen-bond acceptors (Lipinski definition) is 2. The van der Waals surface area contributed by atoms with Crippen LogP contribution < -0.4 is 10.2 Å². The smallest absolute Gasteiger partial charge is 0.179 e. The van der Waals surface area contributed by atoms with Gasteiger partial charge in [-0.15, -0.1) is 0 Å². The van der Waals surface area contributed by atoms with Crippen molar-refractivity contribution in [2.45, 2.75) is 0 Å². The number of nitrogens with one attached hydrogen (secondary N) is 2. The first-order valence-electron chi connectivity index (χ1n) is 6.83. The van der Waals surface area contributed by atoms with E-state index in [9.17, 15) is 0 Å². The minimum absolute atomic E-state index is 1.03. The lowest BCUT2D eigenvalue weighted by molar-refractivity contribution is 0.659. The van der Waals surface area contributed by atoms with Crippen molar-refractivity contribution >= 4 is 48.0 Å². The van der Waals surface area contributed by atoms with E-state index in [0.717, 1.165) is 11.4 Å². The average Bonchev–Trinajstić information content (AvgIpc) is 2.55. The molecule has 0 amide bonds. The Balaban J connectivity index is 1.81. The largest absolute Gasteiger partial charge is 0.334 e. The van der Waals surface area contributed by atoms with Gasteiger partial charge >= 0.3 is 0 Å². The molecule has 1 saturated heterocycles. The van der Waals surface area contributed by atoms with Crippen LogP contribution in [0.15, 0.2) is 60.7 Å². The van der Waals surface area contributed by atoms with Crippen LogP contribution in [0.5, 0.6) is 0 Å². The predicted molar refractivity (Wildman–Crippen MR) is 104 cm³/mol. The molecular formula is C14H18N4P2S2. The summed E-state index contributed by atoms with van der Waals surface area (Å²) in [7, 11) is 4.04. The maximum atomic E-state index is 5.90. The molecule has 3 rings (SSSR count). The number of benzene rings is 2. The summed E-state index contributed by atoms with van der Waals surface area (Å²) in [6, 6.07) is 20.1. The Hall–Kier alpha value is -0.740. The lowest BCUT2D eigenvalue weighted by Crippen LogP contribution is -2.43. The molecule has 0 bridgehead atoms. The number of anilines is 2. The van der Waals surface area contributed by atoms with Crippen LogP contribution in [0.1, 0.15) is 0 Å². The molecule has 8 heteroatoms. The quantitative estimate of drug-likeness (QED) is 0.771. The molecule has 0 spiro atoms. The highest BCUT2D eigenvalue weighted by Gasteiger charge is 2.53. The van der Waals surface area contributed by atoms with Crippen molar-refractivity contribution in [3.05, 3.63) is 60.7 Å². The van der Waals surface area contributed by atoms with Gasteiger partial charge in [0, 0.05) is 25.5 Å². The summed E-state index contributed by atoms with van der Waals surface area (Å²) < 4.78 is 4.31. The number of hydrogen-bond donors (Lipinski definition) is 2. The van der Waals surface area contributed by atoms with Crippen LogP contribution in [-0.4, -0.2) is 23.0 Å². The second-order valence-electron chi connectivity index (χ2n) is 5.02. The van der Waals surface area contributed by atoms with Crippen LogP contribution in [0.2, 0.25) is 0 Å². The number of para-hydroxylation sites is 2. The van der Waals surface area contributed by atoms with Gasteiger partial charge in [0.1, 0.15) is 0 Å². The van der Waals surface area contributed by atoms with Gasteiger partial charge in [-0.1, -0.05) is 36.4 Å². The van der Waals surface area contributed by atoms with Crippen LogP contribution in [0.3, 0.4) is 0 Å². The molecule has 2 aromatic carbocycles. The molecule has 0 atom stereocenters. The Bertz CT molecular complexity index is 672. The molecule has 0 radical (unpaired) electrons. The van der Waals surface area contributed by atoms with Crippen LogP contribution in [0, 0.1) is 0 Å². The van der Waals surface area contributed by atoms with Crippen molar-refractivity contribution in [3.63, 3.8) is 0 Å². The molecule has 0 aromatic heterocycles. The van der Waals surface area contributed by atoms with Gasteiger partial charge in [0.25, 0.3) is 0 Å². The van der Waals surface area contributed by atoms with Gasteiger partial charge in [0.15, 0.2) is 13.0 Å². The fraction of sp³-hybridized carbons (Fsp3) is 0.143. The Kier molecular flexibility index (Phi) is 4.43. The molecule has 0 saturated carbocycles. The van der Waals surface area contributed by atoms with Gasteiger partial charge in [-0.05, 0) is 47.9 Å². The first kappa shape index (κ1) is 16.1. The van der Waals surface area contributed by atoms with E-state index in [1.165, 1.54) is 0 Å². The lowest BCUT2D eigenvalue weighted by Gasteiger charge is -2.58. The molecule has 116 valence electrons. The maximum Gasteiger partial charge on any atom is 0.179 e. The van der Waals surface area contributed by atoms with Crippen molar-refractivity contribution in [2.75, 3.05) is 24.3 Å². The fourth-order valence-corrected chi connectivity index (χ4v) is 14.0. The summed E-state index contributed by atoms with van der Waals surface area (Å²) >= 11 is 11.8. The molecule has 0 aliphatic carbocycles. The minimum Gasteiger partial charge on any atom is -0.334 e. The summed E-state index contributed by atoms with van der Waals surface area (Å²) in [5, 5.41) is 6.99. The number of nitrogens with zero attached hydrogens (tertiary/aromatic N) is 2. The highest BCUT2D eigenvalue weighted by molar-refractivity contribution is 8.30. The predicted octanol–water partition coefficient (Wildman–Crippen LogP) is 4.54. The van der Waals surface area contributed by atoms with Gasteiger partial charge < -0.3 is 10.2 Å². The minimum atomic E-state index is -2.02. The fourth-order valence-electron chi connectivity index (χ4n) is 2.32. The van der Waals surface area contributed by atoms with Crippen molar-refractivity contribution in [1.82, 2.24) is 8.88 Å². The zero-order valence-corrected chi connectivity index (χ0v) is 15.8. The van der Waals surface area contributed by atoms with Crippen molar-refractivity contribution in [3.8, 4) is 0 Å². The third kappa shape index (κ3) is 2.65. The van der Waals surface area contributed by atoms with Gasteiger partial charge in [-0.2, -0.15) is 8.88 Å². The molecule has 2 N–H and O–H groups in total. The second kappa shape index (κ2) is 6.04. The van der Waals surface area contributed by atoms with E-state index in [1.54, 1.807) is 0 Å². The van der Waals surface area contributed by atoms with Gasteiger partial charge in [-0.25, -0.2) is 0 Å². The van der Waals surface area contributed by atoms with Crippen LogP contribution in [0.25, 0.3) is 0 Å². The van der Waals surface area contributed by atoms with E-state index in [0.29, 0.717) is 0 Å². The highest BCUT2D eigenvalue weighted by atomic mass is 32.5. The standard InChI is InChI=1S/C14H18N4P2S2/c1-17-19(21,15-13-9-5-3-6-10-13)18(2)20(17,22)16-14-11-7-4-8-12-14/h3-12H,1-2H3,(H,15,21)(H,16,22).